The lowest BCUT2D eigenvalue weighted by molar-refractivity contribution is -0.117. The molecule has 0 aliphatic heterocycles. The van der Waals surface area contributed by atoms with Crippen LogP contribution in [-0.2, 0) is 19.6 Å². The van der Waals surface area contributed by atoms with E-state index >= 15 is 0 Å². The number of carbonyl (C=O) groups is 2. The largest absolute Gasteiger partial charge is 0.495 e. The molecule has 10 heteroatoms. The number of nitrogens with one attached hydrogen (secondary N) is 3. The minimum absolute atomic E-state index is 0.0855. The van der Waals surface area contributed by atoms with Crippen LogP contribution in [0.5, 0.6) is 5.75 Å². The van der Waals surface area contributed by atoms with Gasteiger partial charge in [-0.2, -0.15) is 4.72 Å². The van der Waals surface area contributed by atoms with Crippen LogP contribution in [-0.4, -0.2) is 33.4 Å². The Morgan fingerprint density at radius 2 is 1.61 bits per heavy atom. The van der Waals surface area contributed by atoms with Gasteiger partial charge in [-0.25, -0.2) is 8.42 Å². The SMILES string of the molecule is COc1ccc(S(=O)(=O)NC(C)C(=O)Nc2ccc(NC(C)=O)cc2)cc1Cl. The molecule has 2 amide bonds. The Balaban J connectivity index is 2.04. The summed E-state index contributed by atoms with van der Waals surface area (Å²) >= 11 is 5.96. The third kappa shape index (κ3) is 5.69. The molecule has 0 fully saturated rings. The first-order chi connectivity index (χ1) is 13.1. The predicted molar refractivity (Wildman–Crippen MR) is 107 cm³/mol. The highest BCUT2D eigenvalue weighted by Gasteiger charge is 2.23. The summed E-state index contributed by atoms with van der Waals surface area (Å²) < 4.78 is 32.2. The molecular formula is C18H20ClN3O5S. The average molecular weight is 426 g/mol. The normalized spacial score (nSPS) is 12.1. The van der Waals surface area contributed by atoms with Gasteiger partial charge in [0.25, 0.3) is 0 Å². The monoisotopic (exact) mass is 425 g/mol. The summed E-state index contributed by atoms with van der Waals surface area (Å²) in [6.45, 7) is 2.81. The highest BCUT2D eigenvalue weighted by atomic mass is 35.5. The van der Waals surface area contributed by atoms with E-state index in [9.17, 15) is 18.0 Å². The molecule has 2 aromatic rings. The van der Waals surface area contributed by atoms with Crippen LogP contribution in [0, 0.1) is 0 Å². The van der Waals surface area contributed by atoms with Gasteiger partial charge in [-0.15, -0.1) is 0 Å². The second-order valence-corrected chi connectivity index (χ2v) is 8.01. The van der Waals surface area contributed by atoms with E-state index in [2.05, 4.69) is 15.4 Å². The number of hydrogen-bond donors (Lipinski definition) is 3. The number of anilines is 2. The number of halogens is 1. The molecule has 1 atom stereocenters. The maximum Gasteiger partial charge on any atom is 0.242 e. The first kappa shape index (κ1) is 21.7. The van der Waals surface area contributed by atoms with Crippen molar-refractivity contribution in [2.75, 3.05) is 17.7 Å². The molecular weight excluding hydrogens is 406 g/mol. The molecule has 0 heterocycles. The quantitative estimate of drug-likeness (QED) is 0.631. The van der Waals surface area contributed by atoms with Crippen LogP contribution in [0.2, 0.25) is 5.02 Å². The first-order valence-electron chi connectivity index (χ1n) is 8.17. The molecule has 0 saturated heterocycles. The van der Waals surface area contributed by atoms with E-state index in [1.807, 2.05) is 0 Å². The van der Waals surface area contributed by atoms with Gasteiger partial charge >= 0.3 is 0 Å². The Hall–Kier alpha value is -2.62. The van der Waals surface area contributed by atoms with Gasteiger partial charge in [-0.3, -0.25) is 9.59 Å². The summed E-state index contributed by atoms with van der Waals surface area (Å²) in [5.41, 5.74) is 1.04. The maximum atomic E-state index is 12.5. The Morgan fingerprint density at radius 3 is 2.11 bits per heavy atom. The molecule has 3 N–H and O–H groups in total. The maximum absolute atomic E-state index is 12.5. The zero-order valence-corrected chi connectivity index (χ0v) is 17.0. The van der Waals surface area contributed by atoms with E-state index in [0.717, 1.165) is 0 Å². The molecule has 28 heavy (non-hydrogen) atoms. The predicted octanol–water partition coefficient (Wildman–Crippen LogP) is 2.61. The number of benzene rings is 2. The zero-order chi connectivity index (χ0) is 20.9. The van der Waals surface area contributed by atoms with Gasteiger partial charge in [0.2, 0.25) is 21.8 Å². The number of hydrogen-bond acceptors (Lipinski definition) is 5. The number of rotatable bonds is 7. The summed E-state index contributed by atoms with van der Waals surface area (Å²) in [4.78, 5) is 23.2. The van der Waals surface area contributed by atoms with Crippen molar-refractivity contribution in [2.45, 2.75) is 24.8 Å². The van der Waals surface area contributed by atoms with Gasteiger partial charge in [0.15, 0.2) is 0 Å². The fourth-order valence-corrected chi connectivity index (χ4v) is 3.81. The number of methoxy groups -OCH3 is 1. The molecule has 2 aromatic carbocycles. The minimum atomic E-state index is -3.96. The molecule has 8 nitrogen and oxygen atoms in total. The van der Waals surface area contributed by atoms with Crippen molar-refractivity contribution in [3.63, 3.8) is 0 Å². The lowest BCUT2D eigenvalue weighted by atomic mass is 10.2. The van der Waals surface area contributed by atoms with Crippen molar-refractivity contribution in [2.24, 2.45) is 0 Å². The lowest BCUT2D eigenvalue weighted by Gasteiger charge is -2.15. The Kier molecular flexibility index (Phi) is 7.00. The van der Waals surface area contributed by atoms with Crippen LogP contribution in [0.3, 0.4) is 0 Å². The van der Waals surface area contributed by atoms with Gasteiger partial charge in [-0.05, 0) is 49.4 Å². The third-order valence-corrected chi connectivity index (χ3v) is 5.47. The minimum Gasteiger partial charge on any atom is -0.495 e. The van der Waals surface area contributed by atoms with Crippen molar-refractivity contribution < 1.29 is 22.7 Å². The van der Waals surface area contributed by atoms with Crippen molar-refractivity contribution in [1.82, 2.24) is 4.72 Å². The molecule has 0 saturated carbocycles. The van der Waals surface area contributed by atoms with Crippen LogP contribution in [0.15, 0.2) is 47.4 Å². The summed E-state index contributed by atoms with van der Waals surface area (Å²) in [6.07, 6.45) is 0. The molecule has 150 valence electrons. The smallest absolute Gasteiger partial charge is 0.242 e. The highest BCUT2D eigenvalue weighted by Crippen LogP contribution is 2.27. The molecule has 1 unspecified atom stereocenters. The van der Waals surface area contributed by atoms with Gasteiger partial charge < -0.3 is 15.4 Å². The van der Waals surface area contributed by atoms with Gasteiger partial charge in [-0.1, -0.05) is 11.6 Å². The van der Waals surface area contributed by atoms with E-state index < -0.39 is 22.0 Å². The van der Waals surface area contributed by atoms with E-state index in [-0.39, 0.29) is 15.8 Å². The fraction of sp³-hybridized carbons (Fsp3) is 0.222. The Morgan fingerprint density at radius 1 is 1.04 bits per heavy atom. The van der Waals surface area contributed by atoms with Crippen LogP contribution in [0.25, 0.3) is 0 Å². The van der Waals surface area contributed by atoms with E-state index in [1.54, 1.807) is 24.3 Å². The molecule has 0 bridgehead atoms. The molecule has 0 spiro atoms. The van der Waals surface area contributed by atoms with Gasteiger partial charge in [0.05, 0.1) is 23.1 Å². The summed E-state index contributed by atoms with van der Waals surface area (Å²) in [5, 5.41) is 5.35. The third-order valence-electron chi connectivity index (χ3n) is 3.63. The zero-order valence-electron chi connectivity index (χ0n) is 15.4. The number of sulfonamides is 1. The lowest BCUT2D eigenvalue weighted by Crippen LogP contribution is -2.41. The first-order valence-corrected chi connectivity index (χ1v) is 10.0. The Labute approximate surface area is 168 Å². The highest BCUT2D eigenvalue weighted by molar-refractivity contribution is 7.89. The second-order valence-electron chi connectivity index (χ2n) is 5.89. The molecule has 0 radical (unpaired) electrons. The molecule has 0 aliphatic carbocycles. The van der Waals surface area contributed by atoms with Crippen molar-refractivity contribution in [1.29, 1.82) is 0 Å². The fourth-order valence-electron chi connectivity index (χ4n) is 2.26. The van der Waals surface area contributed by atoms with Gasteiger partial charge in [0.1, 0.15) is 5.75 Å². The van der Waals surface area contributed by atoms with Gasteiger partial charge in [0, 0.05) is 18.3 Å². The molecule has 2 rings (SSSR count). The van der Waals surface area contributed by atoms with Crippen LogP contribution in [0.4, 0.5) is 11.4 Å². The van der Waals surface area contributed by atoms with E-state index in [1.165, 1.54) is 39.2 Å². The van der Waals surface area contributed by atoms with Crippen molar-refractivity contribution in [3.05, 3.63) is 47.5 Å². The summed E-state index contributed by atoms with van der Waals surface area (Å²) in [7, 11) is -2.54. The average Bonchev–Trinajstić information content (AvgIpc) is 2.62. The standard InChI is InChI=1S/C18H20ClN3O5S/c1-11(18(24)21-14-6-4-13(5-7-14)20-12(2)23)22-28(25,26)15-8-9-17(27-3)16(19)10-15/h4-11,22H,1-3H3,(H,20,23)(H,21,24). The molecule has 0 aromatic heterocycles. The Bertz CT molecular complexity index is 977. The van der Waals surface area contributed by atoms with Crippen LogP contribution in [0.1, 0.15) is 13.8 Å². The topological polar surface area (TPSA) is 114 Å². The molecule has 0 aliphatic rings. The summed E-state index contributed by atoms with van der Waals surface area (Å²) in [6, 6.07) is 9.38. The summed E-state index contributed by atoms with van der Waals surface area (Å²) in [5.74, 6) is -0.414. The van der Waals surface area contributed by atoms with Crippen LogP contribution >= 0.6 is 11.6 Å². The number of carbonyl (C=O) groups excluding carboxylic acids is 2. The second kappa shape index (κ2) is 9.05. The van der Waals surface area contributed by atoms with E-state index in [0.29, 0.717) is 17.1 Å². The van der Waals surface area contributed by atoms with Crippen LogP contribution < -0.4 is 20.1 Å². The van der Waals surface area contributed by atoms with Crippen molar-refractivity contribution in [3.8, 4) is 5.75 Å². The van der Waals surface area contributed by atoms with E-state index in [4.69, 9.17) is 16.3 Å². The number of amides is 2. The number of ether oxygens (including phenoxy) is 1. The van der Waals surface area contributed by atoms with Crippen molar-refractivity contribution >= 4 is 44.8 Å².